The fraction of sp³-hybridized carbons (Fsp3) is 0. The molecule has 0 spiro atoms. The van der Waals surface area contributed by atoms with Crippen LogP contribution in [0.15, 0.2) is 60.7 Å². The van der Waals surface area contributed by atoms with Gasteiger partial charge in [-0.2, -0.15) is 0 Å². The summed E-state index contributed by atoms with van der Waals surface area (Å²) in [6, 6.07) is 19.6. The van der Waals surface area contributed by atoms with Crippen molar-refractivity contribution in [2.45, 2.75) is 0 Å². The van der Waals surface area contributed by atoms with Gasteiger partial charge < -0.3 is 0 Å². The maximum absolute atomic E-state index is 7.20. The fourth-order valence-electron chi connectivity index (χ4n) is 1.50. The molecule has 0 radical (unpaired) electrons. The van der Waals surface area contributed by atoms with Gasteiger partial charge in [0.1, 0.15) is 0 Å². The summed E-state index contributed by atoms with van der Waals surface area (Å²) in [6.07, 6.45) is 1.91. The maximum Gasteiger partial charge on any atom is 0.194 e. The van der Waals surface area contributed by atoms with Crippen LogP contribution in [0.3, 0.4) is 0 Å². The van der Waals surface area contributed by atoms with E-state index in [0.717, 1.165) is 11.1 Å². The highest BCUT2D eigenvalue weighted by molar-refractivity contribution is 5.85. The van der Waals surface area contributed by atoms with Crippen molar-refractivity contribution in [1.29, 1.82) is 0 Å². The Labute approximate surface area is 95.5 Å². The number of rotatable bonds is 2. The van der Waals surface area contributed by atoms with Gasteiger partial charge in [0.15, 0.2) is 5.70 Å². The Hall–Kier alpha value is -2.33. The minimum atomic E-state index is 0.673. The fourth-order valence-corrected chi connectivity index (χ4v) is 1.50. The SMILES string of the molecule is [C-]#[N+]/C(=C\c1ccccc1)c1ccccc1. The van der Waals surface area contributed by atoms with Crippen molar-refractivity contribution in [3.63, 3.8) is 0 Å². The van der Waals surface area contributed by atoms with E-state index in [1.165, 1.54) is 0 Å². The predicted molar refractivity (Wildman–Crippen MR) is 67.4 cm³/mol. The second kappa shape index (κ2) is 4.95. The third-order valence-electron chi connectivity index (χ3n) is 2.29. The highest BCUT2D eigenvalue weighted by atomic mass is 14.7. The zero-order chi connectivity index (χ0) is 11.2. The zero-order valence-corrected chi connectivity index (χ0v) is 8.80. The summed E-state index contributed by atoms with van der Waals surface area (Å²) in [4.78, 5) is 3.56. The summed E-state index contributed by atoms with van der Waals surface area (Å²) in [6.45, 7) is 7.20. The van der Waals surface area contributed by atoms with Crippen molar-refractivity contribution in [2.24, 2.45) is 0 Å². The summed E-state index contributed by atoms with van der Waals surface area (Å²) in [5.74, 6) is 0. The van der Waals surface area contributed by atoms with Crippen LogP contribution >= 0.6 is 0 Å². The van der Waals surface area contributed by atoms with Crippen molar-refractivity contribution in [3.8, 4) is 0 Å². The topological polar surface area (TPSA) is 4.36 Å². The van der Waals surface area contributed by atoms with Gasteiger partial charge in [-0.3, -0.25) is 0 Å². The summed E-state index contributed by atoms with van der Waals surface area (Å²) in [5.41, 5.74) is 2.69. The highest BCUT2D eigenvalue weighted by Gasteiger charge is 1.99. The Bertz CT molecular complexity index is 518. The number of nitrogens with zero attached hydrogens (tertiary/aromatic N) is 1. The molecular formula is C15H11N. The smallest absolute Gasteiger partial charge is 0.194 e. The normalized spacial score (nSPS) is 10.8. The molecule has 0 fully saturated rings. The standard InChI is InChI=1S/C15H11N/c1-16-15(14-10-6-3-7-11-14)12-13-8-4-2-5-9-13/h2-12H/b15-12-. The molecule has 0 aliphatic heterocycles. The summed E-state index contributed by atoms with van der Waals surface area (Å²) in [7, 11) is 0. The molecule has 2 rings (SSSR count). The molecule has 1 nitrogen and oxygen atoms in total. The Morgan fingerprint density at radius 2 is 1.44 bits per heavy atom. The molecule has 16 heavy (non-hydrogen) atoms. The number of benzene rings is 2. The molecule has 0 bridgehead atoms. The van der Waals surface area contributed by atoms with Crippen LogP contribution in [0.2, 0.25) is 0 Å². The van der Waals surface area contributed by atoms with Gasteiger partial charge in [-0.25, -0.2) is 4.85 Å². The second-order valence-electron chi connectivity index (χ2n) is 3.42. The Kier molecular flexibility index (Phi) is 3.15. The van der Waals surface area contributed by atoms with E-state index >= 15 is 0 Å². The van der Waals surface area contributed by atoms with Gasteiger partial charge in [-0.1, -0.05) is 60.7 Å². The van der Waals surface area contributed by atoms with E-state index < -0.39 is 0 Å². The molecular weight excluding hydrogens is 194 g/mol. The summed E-state index contributed by atoms with van der Waals surface area (Å²) >= 11 is 0. The van der Waals surface area contributed by atoms with Crippen molar-refractivity contribution in [1.82, 2.24) is 0 Å². The summed E-state index contributed by atoms with van der Waals surface area (Å²) < 4.78 is 0. The molecule has 76 valence electrons. The number of hydrogen-bond acceptors (Lipinski definition) is 0. The largest absolute Gasteiger partial charge is 0.238 e. The van der Waals surface area contributed by atoms with Crippen LogP contribution < -0.4 is 0 Å². The van der Waals surface area contributed by atoms with Crippen molar-refractivity contribution in [3.05, 3.63) is 83.2 Å². The van der Waals surface area contributed by atoms with Gasteiger partial charge in [-0.15, -0.1) is 0 Å². The Morgan fingerprint density at radius 3 is 2.00 bits per heavy atom. The lowest BCUT2D eigenvalue weighted by molar-refractivity contribution is 1.61. The van der Waals surface area contributed by atoms with Gasteiger partial charge in [0.2, 0.25) is 0 Å². The van der Waals surface area contributed by atoms with Gasteiger partial charge in [0.25, 0.3) is 0 Å². The average molecular weight is 205 g/mol. The third-order valence-corrected chi connectivity index (χ3v) is 2.29. The van der Waals surface area contributed by atoms with E-state index in [1.54, 1.807) is 0 Å². The Morgan fingerprint density at radius 1 is 0.875 bits per heavy atom. The van der Waals surface area contributed by atoms with Gasteiger partial charge in [0, 0.05) is 0 Å². The highest BCUT2D eigenvalue weighted by Crippen LogP contribution is 2.18. The predicted octanol–water partition coefficient (Wildman–Crippen LogP) is 4.10. The minimum absolute atomic E-state index is 0.673. The minimum Gasteiger partial charge on any atom is -0.238 e. The van der Waals surface area contributed by atoms with E-state index in [2.05, 4.69) is 4.85 Å². The molecule has 0 atom stereocenters. The van der Waals surface area contributed by atoms with Crippen LogP contribution in [0.4, 0.5) is 0 Å². The van der Waals surface area contributed by atoms with Crippen molar-refractivity contribution < 1.29 is 0 Å². The first-order valence-electron chi connectivity index (χ1n) is 5.10. The van der Waals surface area contributed by atoms with Gasteiger partial charge in [0.05, 0.1) is 6.57 Å². The first-order valence-corrected chi connectivity index (χ1v) is 5.10. The molecule has 0 aliphatic carbocycles. The van der Waals surface area contributed by atoms with Gasteiger partial charge >= 0.3 is 0 Å². The van der Waals surface area contributed by atoms with E-state index in [4.69, 9.17) is 6.57 Å². The van der Waals surface area contributed by atoms with Crippen molar-refractivity contribution in [2.75, 3.05) is 0 Å². The van der Waals surface area contributed by atoms with Crippen LogP contribution in [0.5, 0.6) is 0 Å². The molecule has 0 N–H and O–H groups in total. The third kappa shape index (κ3) is 2.37. The molecule has 0 heterocycles. The average Bonchev–Trinajstić information content (AvgIpc) is 2.38. The first kappa shape index (κ1) is 10.2. The molecule has 0 amide bonds. The molecule has 2 aromatic rings. The zero-order valence-electron chi connectivity index (χ0n) is 8.80. The molecule has 2 aromatic carbocycles. The van der Waals surface area contributed by atoms with Crippen LogP contribution in [0, 0.1) is 6.57 Å². The van der Waals surface area contributed by atoms with Crippen LogP contribution in [0.1, 0.15) is 11.1 Å². The summed E-state index contributed by atoms with van der Waals surface area (Å²) in [5, 5.41) is 0. The lowest BCUT2D eigenvalue weighted by Crippen LogP contribution is -1.78. The van der Waals surface area contributed by atoms with Crippen molar-refractivity contribution >= 4 is 11.8 Å². The molecule has 0 saturated carbocycles. The van der Waals surface area contributed by atoms with E-state index in [0.29, 0.717) is 5.70 Å². The molecule has 1 heteroatoms. The first-order chi connectivity index (χ1) is 7.90. The second-order valence-corrected chi connectivity index (χ2v) is 3.42. The van der Waals surface area contributed by atoms with E-state index in [-0.39, 0.29) is 0 Å². The number of hydrogen-bond donors (Lipinski definition) is 0. The van der Waals surface area contributed by atoms with Crippen LogP contribution in [-0.2, 0) is 0 Å². The van der Waals surface area contributed by atoms with Crippen LogP contribution in [0.25, 0.3) is 16.6 Å². The maximum atomic E-state index is 7.20. The molecule has 0 unspecified atom stereocenters. The van der Waals surface area contributed by atoms with E-state index in [9.17, 15) is 0 Å². The monoisotopic (exact) mass is 205 g/mol. The lowest BCUT2D eigenvalue weighted by atomic mass is 10.1. The molecule has 0 saturated heterocycles. The van der Waals surface area contributed by atoms with Crippen LogP contribution in [-0.4, -0.2) is 0 Å². The Balaban J connectivity index is 2.39. The molecule has 0 aliphatic rings. The van der Waals surface area contributed by atoms with E-state index in [1.807, 2.05) is 66.7 Å². The molecule has 0 aromatic heterocycles. The van der Waals surface area contributed by atoms with Gasteiger partial charge in [-0.05, 0) is 17.2 Å². The quantitative estimate of drug-likeness (QED) is 0.513. The lowest BCUT2D eigenvalue weighted by Gasteiger charge is -1.98.